The highest BCUT2D eigenvalue weighted by Crippen LogP contribution is 2.16. The molecule has 0 spiro atoms. The smallest absolute Gasteiger partial charge is 0.313 e. The van der Waals surface area contributed by atoms with Gasteiger partial charge in [-0.2, -0.15) is 5.10 Å². The maximum atomic E-state index is 11.7. The van der Waals surface area contributed by atoms with Gasteiger partial charge in [0.1, 0.15) is 0 Å². The number of benzene rings is 1. The minimum Gasteiger partial charge on any atom is -0.395 e. The summed E-state index contributed by atoms with van der Waals surface area (Å²) in [5.74, 6) is -1.44. The Morgan fingerprint density at radius 2 is 2.26 bits per heavy atom. The molecule has 0 atom stereocenters. The van der Waals surface area contributed by atoms with Crippen molar-refractivity contribution >= 4 is 28.4 Å². The highest BCUT2D eigenvalue weighted by Gasteiger charge is 2.18. The molecule has 0 saturated heterocycles. The van der Waals surface area contributed by atoms with E-state index in [1.54, 1.807) is 24.4 Å². The van der Waals surface area contributed by atoms with Crippen LogP contribution in [0.2, 0.25) is 0 Å². The number of aliphatic hydroxyl groups is 1. The number of rotatable bonds is 3. The molecule has 2 rings (SSSR count). The van der Waals surface area contributed by atoms with Crippen LogP contribution in [0.5, 0.6) is 0 Å². The summed E-state index contributed by atoms with van der Waals surface area (Å²) in [5, 5.41) is 18.8. The van der Waals surface area contributed by atoms with Gasteiger partial charge in [0, 0.05) is 24.7 Å². The van der Waals surface area contributed by atoms with E-state index in [0.29, 0.717) is 5.69 Å². The third kappa shape index (κ3) is 2.89. The van der Waals surface area contributed by atoms with E-state index in [9.17, 15) is 9.59 Å². The van der Waals surface area contributed by atoms with Crippen LogP contribution in [0, 0.1) is 0 Å². The Morgan fingerprint density at radius 1 is 1.47 bits per heavy atom. The fraction of sp³-hybridized carbons (Fsp3) is 0.250. The monoisotopic (exact) mass is 262 g/mol. The lowest BCUT2D eigenvalue weighted by molar-refractivity contribution is -0.142. The van der Waals surface area contributed by atoms with Crippen molar-refractivity contribution in [3.8, 4) is 0 Å². The number of fused-ring (bicyclic) bond motifs is 1. The lowest BCUT2D eigenvalue weighted by Gasteiger charge is -2.14. The summed E-state index contributed by atoms with van der Waals surface area (Å²) in [4.78, 5) is 24.5. The number of anilines is 1. The molecule has 100 valence electrons. The molecule has 3 N–H and O–H groups in total. The lowest BCUT2D eigenvalue weighted by Crippen LogP contribution is -2.38. The van der Waals surface area contributed by atoms with Crippen molar-refractivity contribution in [1.29, 1.82) is 0 Å². The zero-order valence-corrected chi connectivity index (χ0v) is 10.4. The Morgan fingerprint density at radius 3 is 3.00 bits per heavy atom. The predicted octanol–water partition coefficient (Wildman–Crippen LogP) is -0.0479. The maximum Gasteiger partial charge on any atom is 0.313 e. The molecule has 0 unspecified atom stereocenters. The van der Waals surface area contributed by atoms with Gasteiger partial charge in [-0.15, -0.1) is 0 Å². The average molecular weight is 262 g/mol. The first-order valence-electron chi connectivity index (χ1n) is 5.72. The molecule has 19 heavy (non-hydrogen) atoms. The molecule has 0 aliphatic rings. The fourth-order valence-corrected chi connectivity index (χ4v) is 1.62. The Bertz CT molecular complexity index is 608. The summed E-state index contributed by atoms with van der Waals surface area (Å²) in [7, 11) is 1.45. The molecule has 0 aliphatic heterocycles. The fourth-order valence-electron chi connectivity index (χ4n) is 1.62. The van der Waals surface area contributed by atoms with Crippen molar-refractivity contribution in [2.24, 2.45) is 0 Å². The van der Waals surface area contributed by atoms with Crippen LogP contribution in [0.1, 0.15) is 0 Å². The molecule has 1 aromatic carbocycles. The van der Waals surface area contributed by atoms with Crippen molar-refractivity contribution < 1.29 is 14.7 Å². The normalized spacial score (nSPS) is 10.4. The third-order valence-electron chi connectivity index (χ3n) is 2.68. The number of hydrogen-bond acceptors (Lipinski definition) is 4. The molecule has 0 bridgehead atoms. The SMILES string of the molecule is CN(CCO)C(=O)C(=O)Nc1ccc2cn[nH]c2c1. The number of aromatic amines is 1. The maximum absolute atomic E-state index is 11.7. The van der Waals surface area contributed by atoms with E-state index < -0.39 is 11.8 Å². The minimum atomic E-state index is -0.741. The molecule has 0 aliphatic carbocycles. The van der Waals surface area contributed by atoms with Crippen LogP contribution < -0.4 is 5.32 Å². The predicted molar refractivity (Wildman–Crippen MR) is 69.4 cm³/mol. The molecule has 0 fully saturated rings. The van der Waals surface area contributed by atoms with Crippen LogP contribution in [0.3, 0.4) is 0 Å². The number of amides is 2. The van der Waals surface area contributed by atoms with Crippen molar-refractivity contribution in [3.63, 3.8) is 0 Å². The largest absolute Gasteiger partial charge is 0.395 e. The number of carbonyl (C=O) groups excluding carboxylic acids is 2. The Kier molecular flexibility index (Phi) is 3.76. The quantitative estimate of drug-likeness (QED) is 0.675. The molecular formula is C12H14N4O3. The molecule has 0 radical (unpaired) electrons. The number of aromatic nitrogens is 2. The summed E-state index contributed by atoms with van der Waals surface area (Å²) in [6.07, 6.45) is 1.67. The van der Waals surface area contributed by atoms with E-state index in [-0.39, 0.29) is 13.2 Å². The van der Waals surface area contributed by atoms with Gasteiger partial charge >= 0.3 is 11.8 Å². The van der Waals surface area contributed by atoms with Gasteiger partial charge in [0.25, 0.3) is 0 Å². The first-order chi connectivity index (χ1) is 9.11. The van der Waals surface area contributed by atoms with Gasteiger partial charge in [-0.3, -0.25) is 14.7 Å². The standard InChI is InChI=1S/C12H14N4O3/c1-16(4-5-17)12(19)11(18)14-9-3-2-8-7-13-15-10(8)6-9/h2-3,6-7,17H,4-5H2,1H3,(H,13,15)(H,14,18). The number of H-pyrrole nitrogens is 1. The zero-order chi connectivity index (χ0) is 13.8. The van der Waals surface area contributed by atoms with Crippen molar-refractivity contribution in [2.45, 2.75) is 0 Å². The molecule has 7 nitrogen and oxygen atoms in total. The van der Waals surface area contributed by atoms with E-state index in [0.717, 1.165) is 15.8 Å². The molecule has 2 amide bonds. The molecule has 2 aromatic rings. The molecule has 7 heteroatoms. The number of likely N-dealkylation sites (N-methyl/N-ethyl adjacent to an activating group) is 1. The van der Waals surface area contributed by atoms with E-state index in [2.05, 4.69) is 15.5 Å². The summed E-state index contributed by atoms with van der Waals surface area (Å²) in [6, 6.07) is 5.17. The van der Waals surface area contributed by atoms with Crippen molar-refractivity contribution in [3.05, 3.63) is 24.4 Å². The number of carbonyl (C=O) groups is 2. The van der Waals surface area contributed by atoms with Crippen molar-refractivity contribution in [1.82, 2.24) is 15.1 Å². The van der Waals surface area contributed by atoms with Gasteiger partial charge in [0.15, 0.2) is 0 Å². The van der Waals surface area contributed by atoms with Gasteiger partial charge in [0.2, 0.25) is 0 Å². The summed E-state index contributed by atoms with van der Waals surface area (Å²) in [6.45, 7) is -0.0680. The minimum absolute atomic E-state index is 0.117. The summed E-state index contributed by atoms with van der Waals surface area (Å²) in [5.41, 5.74) is 1.28. The average Bonchev–Trinajstić information content (AvgIpc) is 2.85. The summed E-state index contributed by atoms with van der Waals surface area (Å²) >= 11 is 0. The van der Waals surface area contributed by atoms with Gasteiger partial charge < -0.3 is 15.3 Å². The second-order valence-corrected chi connectivity index (χ2v) is 4.08. The third-order valence-corrected chi connectivity index (χ3v) is 2.68. The lowest BCUT2D eigenvalue weighted by atomic mass is 10.2. The molecule has 0 saturated carbocycles. The number of nitrogens with zero attached hydrogens (tertiary/aromatic N) is 2. The van der Waals surface area contributed by atoms with E-state index in [1.807, 2.05) is 0 Å². The second kappa shape index (κ2) is 5.49. The van der Waals surface area contributed by atoms with E-state index >= 15 is 0 Å². The van der Waals surface area contributed by atoms with Crippen LogP contribution in [0.25, 0.3) is 10.9 Å². The van der Waals surface area contributed by atoms with Crippen LogP contribution in [0.4, 0.5) is 5.69 Å². The van der Waals surface area contributed by atoms with E-state index in [1.165, 1.54) is 7.05 Å². The Hall–Kier alpha value is -2.41. The Labute approximate surface area is 109 Å². The van der Waals surface area contributed by atoms with Crippen LogP contribution >= 0.6 is 0 Å². The van der Waals surface area contributed by atoms with Crippen LogP contribution in [-0.4, -0.2) is 52.2 Å². The van der Waals surface area contributed by atoms with Gasteiger partial charge in [0.05, 0.1) is 18.3 Å². The van der Waals surface area contributed by atoms with Gasteiger partial charge in [-0.25, -0.2) is 0 Å². The molecule has 1 heterocycles. The first-order valence-corrected chi connectivity index (χ1v) is 5.72. The second-order valence-electron chi connectivity index (χ2n) is 4.08. The highest BCUT2D eigenvalue weighted by molar-refractivity contribution is 6.39. The zero-order valence-electron chi connectivity index (χ0n) is 10.4. The van der Waals surface area contributed by atoms with E-state index in [4.69, 9.17) is 5.11 Å². The van der Waals surface area contributed by atoms with Crippen LogP contribution in [0.15, 0.2) is 24.4 Å². The topological polar surface area (TPSA) is 98.3 Å². The molecular weight excluding hydrogens is 248 g/mol. The number of hydrogen-bond donors (Lipinski definition) is 3. The Balaban J connectivity index is 2.07. The first kappa shape index (κ1) is 13.0. The molecule has 1 aromatic heterocycles. The van der Waals surface area contributed by atoms with Crippen molar-refractivity contribution in [2.75, 3.05) is 25.5 Å². The number of aliphatic hydroxyl groups excluding tert-OH is 1. The van der Waals surface area contributed by atoms with Crippen LogP contribution in [-0.2, 0) is 9.59 Å². The number of nitrogens with one attached hydrogen (secondary N) is 2. The highest BCUT2D eigenvalue weighted by atomic mass is 16.3. The van der Waals surface area contributed by atoms with Gasteiger partial charge in [-0.05, 0) is 18.2 Å². The summed E-state index contributed by atoms with van der Waals surface area (Å²) < 4.78 is 0. The van der Waals surface area contributed by atoms with Gasteiger partial charge in [-0.1, -0.05) is 0 Å².